The Morgan fingerprint density at radius 1 is 1.16 bits per heavy atom. The maximum atomic E-state index is 13.3. The number of hydrogen-bond acceptors (Lipinski definition) is 10. The van der Waals surface area contributed by atoms with Gasteiger partial charge in [0, 0.05) is 33.6 Å². The minimum atomic E-state index is -0.633. The number of rotatable bonds is 9. The largest absolute Gasteiger partial charge is 0.453 e. The smallest absolute Gasteiger partial charge is 0.411 e. The number of halogens is 1. The number of aryl methyl sites for hydroxylation is 2. The van der Waals surface area contributed by atoms with Crippen molar-refractivity contribution in [3.8, 4) is 16.8 Å². The van der Waals surface area contributed by atoms with Crippen molar-refractivity contribution in [3.05, 3.63) is 103 Å². The Bertz CT molecular complexity index is 1870. The van der Waals surface area contributed by atoms with E-state index < -0.39 is 23.6 Å². The van der Waals surface area contributed by atoms with Crippen molar-refractivity contribution >= 4 is 46.7 Å². The van der Waals surface area contributed by atoms with Gasteiger partial charge in [0.2, 0.25) is 5.91 Å². The number of methoxy groups -OCH3 is 1. The minimum Gasteiger partial charge on any atom is -0.453 e. The third kappa shape index (κ3) is 7.22. The second-order valence-corrected chi connectivity index (χ2v) is 11.3. The zero-order chi connectivity index (χ0) is 31.2. The van der Waals surface area contributed by atoms with Crippen LogP contribution in [0.2, 0.25) is 5.02 Å². The highest BCUT2D eigenvalue weighted by molar-refractivity contribution is 7.11. The fourth-order valence-corrected chi connectivity index (χ4v) is 5.43. The molecule has 0 aliphatic carbocycles. The van der Waals surface area contributed by atoms with E-state index in [1.54, 1.807) is 54.6 Å². The molecule has 3 heterocycles. The summed E-state index contributed by atoms with van der Waals surface area (Å²) in [5.74, 6) is -0.407. The highest BCUT2D eigenvalue weighted by Gasteiger charge is 2.21. The monoisotopic (exact) mass is 631 g/mol. The molecule has 2 aromatic carbocycles. The maximum Gasteiger partial charge on any atom is 0.411 e. The number of H-pyrrole nitrogens is 1. The quantitative estimate of drug-likeness (QED) is 0.199. The van der Waals surface area contributed by atoms with E-state index in [9.17, 15) is 14.4 Å². The first-order valence-corrected chi connectivity index (χ1v) is 14.4. The fourth-order valence-electron chi connectivity index (χ4n) is 4.27. The number of anilines is 1. The number of hydrogen-bond donors (Lipinski definition) is 3. The summed E-state index contributed by atoms with van der Waals surface area (Å²) in [5.41, 5.74) is 3.61. The van der Waals surface area contributed by atoms with Crippen LogP contribution in [0.3, 0.4) is 0 Å². The van der Waals surface area contributed by atoms with Crippen LogP contribution in [0.25, 0.3) is 22.9 Å². The lowest BCUT2D eigenvalue weighted by Gasteiger charge is -2.17. The van der Waals surface area contributed by atoms with Gasteiger partial charge in [-0.3, -0.25) is 14.9 Å². The number of thiazole rings is 1. The van der Waals surface area contributed by atoms with Crippen LogP contribution in [0.15, 0.2) is 65.7 Å². The number of nitrogens with zero attached hydrogens (tertiary/aromatic N) is 6. The summed E-state index contributed by atoms with van der Waals surface area (Å²) in [4.78, 5) is 43.3. The summed E-state index contributed by atoms with van der Waals surface area (Å²) in [6.45, 7) is 3.91. The van der Waals surface area contributed by atoms with E-state index in [4.69, 9.17) is 11.6 Å². The first kappa shape index (κ1) is 30.3. The molecule has 13 nitrogen and oxygen atoms in total. The highest BCUT2D eigenvalue weighted by atomic mass is 35.5. The molecule has 0 aliphatic heterocycles. The van der Waals surface area contributed by atoms with Crippen LogP contribution in [0, 0.1) is 13.8 Å². The van der Waals surface area contributed by atoms with Gasteiger partial charge in [0.25, 0.3) is 5.56 Å². The molecule has 224 valence electrons. The number of carbonyl (C=O) groups excluding carboxylic acids is 2. The average Bonchev–Trinajstić information content (AvgIpc) is 3.66. The highest BCUT2D eigenvalue weighted by Crippen LogP contribution is 2.26. The molecular formula is C29H26ClN9O4S. The van der Waals surface area contributed by atoms with Gasteiger partial charge in [-0.05, 0) is 72.3 Å². The van der Waals surface area contributed by atoms with Crippen LogP contribution in [0.4, 0.5) is 10.5 Å². The van der Waals surface area contributed by atoms with Gasteiger partial charge in [-0.2, -0.15) is 9.78 Å². The number of amides is 2. The molecule has 3 N–H and O–H groups in total. The Morgan fingerprint density at radius 3 is 2.64 bits per heavy atom. The van der Waals surface area contributed by atoms with Gasteiger partial charge in [-0.15, -0.1) is 16.4 Å². The van der Waals surface area contributed by atoms with E-state index in [1.165, 1.54) is 35.5 Å². The summed E-state index contributed by atoms with van der Waals surface area (Å²) in [6, 6.07) is 12.8. The maximum absolute atomic E-state index is 13.3. The SMILES string of the molecule is COC(=O)Nc1ccc(-c2cc([C@H](Cc3nc(C)c(C)s3)NC(=O)C=Cc3cc(Cl)ccc3-n3cnnn3)n[nH]c2=O)cc1. The summed E-state index contributed by atoms with van der Waals surface area (Å²) >= 11 is 7.74. The van der Waals surface area contributed by atoms with Gasteiger partial charge in [-0.1, -0.05) is 23.7 Å². The molecule has 5 aromatic rings. The number of tetrazole rings is 1. The Balaban J connectivity index is 1.44. The van der Waals surface area contributed by atoms with Gasteiger partial charge in [-0.25, -0.2) is 14.9 Å². The first-order valence-electron chi connectivity index (χ1n) is 13.2. The van der Waals surface area contributed by atoms with E-state index in [-0.39, 0.29) is 0 Å². The van der Waals surface area contributed by atoms with Gasteiger partial charge >= 0.3 is 6.09 Å². The van der Waals surface area contributed by atoms with Gasteiger partial charge in [0.05, 0.1) is 40.8 Å². The molecule has 0 fully saturated rings. The normalized spacial score (nSPS) is 11.8. The minimum absolute atomic E-state index is 0.339. The number of aromatic nitrogens is 7. The predicted molar refractivity (Wildman–Crippen MR) is 166 cm³/mol. The van der Waals surface area contributed by atoms with E-state index in [1.807, 2.05) is 13.8 Å². The third-order valence-electron chi connectivity index (χ3n) is 6.58. The Morgan fingerprint density at radius 2 is 1.95 bits per heavy atom. The number of ether oxygens (including phenoxy) is 1. The fraction of sp³-hybridized carbons (Fsp3) is 0.172. The summed E-state index contributed by atoms with van der Waals surface area (Å²) < 4.78 is 6.08. The molecule has 0 radical (unpaired) electrons. The van der Waals surface area contributed by atoms with E-state index in [0.717, 1.165) is 15.6 Å². The molecule has 0 saturated heterocycles. The molecular weight excluding hydrogens is 606 g/mol. The molecule has 0 spiro atoms. The van der Waals surface area contributed by atoms with Crippen LogP contribution >= 0.6 is 22.9 Å². The van der Waals surface area contributed by atoms with Gasteiger partial charge in [0.1, 0.15) is 6.33 Å². The van der Waals surface area contributed by atoms with Crippen molar-refractivity contribution in [2.24, 2.45) is 0 Å². The Hall–Kier alpha value is -5.21. The number of benzene rings is 2. The van der Waals surface area contributed by atoms with Crippen molar-refractivity contribution < 1.29 is 14.3 Å². The molecule has 44 heavy (non-hydrogen) atoms. The standard InChI is InChI=1S/C29H26ClN9O4S/c1-16-17(2)44-27(32-16)14-23(34-26(40)11-6-19-12-20(30)7-10-25(19)39-15-31-37-38-39)24-13-22(28(41)36-35-24)18-4-8-21(9-5-18)33-29(42)43-3/h4-13,15,23H,14H2,1-3H3,(H,33,42)(H,34,40)(H,36,41)/t23-/m0/s1. The Labute approximate surface area is 260 Å². The van der Waals surface area contributed by atoms with Crippen LogP contribution in [0.1, 0.15) is 32.9 Å². The summed E-state index contributed by atoms with van der Waals surface area (Å²) in [7, 11) is 1.27. The first-order chi connectivity index (χ1) is 21.2. The molecule has 0 bridgehead atoms. The zero-order valence-corrected chi connectivity index (χ0v) is 25.3. The molecule has 2 amide bonds. The van der Waals surface area contributed by atoms with Crippen LogP contribution < -0.4 is 16.2 Å². The second kappa shape index (κ2) is 13.4. The molecule has 15 heteroatoms. The van der Waals surface area contributed by atoms with Crippen molar-refractivity contribution in [2.45, 2.75) is 26.3 Å². The number of carbonyl (C=O) groups is 2. The molecule has 0 unspecified atom stereocenters. The second-order valence-electron chi connectivity index (χ2n) is 9.53. The van der Waals surface area contributed by atoms with Crippen LogP contribution in [-0.2, 0) is 16.0 Å². The van der Waals surface area contributed by atoms with Gasteiger partial charge < -0.3 is 10.1 Å². The summed E-state index contributed by atoms with van der Waals surface area (Å²) in [6.07, 6.45) is 4.17. The average molecular weight is 632 g/mol. The van der Waals surface area contributed by atoms with Crippen molar-refractivity contribution in [1.82, 2.24) is 40.7 Å². The molecule has 0 saturated carbocycles. The number of nitrogens with one attached hydrogen (secondary N) is 3. The third-order valence-corrected chi connectivity index (χ3v) is 7.91. The predicted octanol–water partition coefficient (Wildman–Crippen LogP) is 4.43. The van der Waals surface area contributed by atoms with Gasteiger partial charge in [0.15, 0.2) is 0 Å². The zero-order valence-electron chi connectivity index (χ0n) is 23.7. The lowest BCUT2D eigenvalue weighted by atomic mass is 10.0. The van der Waals surface area contributed by atoms with Crippen molar-refractivity contribution in [1.29, 1.82) is 0 Å². The summed E-state index contributed by atoms with van der Waals surface area (Å²) in [5, 5.41) is 24.9. The molecule has 0 aliphatic rings. The van der Waals surface area contributed by atoms with Crippen molar-refractivity contribution in [3.63, 3.8) is 0 Å². The van der Waals surface area contributed by atoms with Crippen molar-refractivity contribution in [2.75, 3.05) is 12.4 Å². The lowest BCUT2D eigenvalue weighted by Crippen LogP contribution is -2.30. The van der Waals surface area contributed by atoms with Crippen LogP contribution in [0.5, 0.6) is 0 Å². The molecule has 1 atom stereocenters. The molecule has 3 aromatic heterocycles. The molecule has 5 rings (SSSR count). The van der Waals surface area contributed by atoms with E-state index in [0.29, 0.717) is 45.2 Å². The van der Waals surface area contributed by atoms with E-state index >= 15 is 0 Å². The Kier molecular flexibility index (Phi) is 9.21. The number of aromatic amines is 1. The lowest BCUT2D eigenvalue weighted by molar-refractivity contribution is -0.117. The topological polar surface area (TPSA) is 170 Å². The van der Waals surface area contributed by atoms with Crippen LogP contribution in [-0.4, -0.2) is 54.5 Å². The van der Waals surface area contributed by atoms with E-state index in [2.05, 4.69) is 46.1 Å².